The third-order valence-corrected chi connectivity index (χ3v) is 7.26. The lowest BCUT2D eigenvalue weighted by Crippen LogP contribution is -2.51. The number of halogens is 1. The SMILES string of the molecule is CCCN(C(=O)NC(CSCC(C)C)C(=O)O)C(=O)c1cccc(C#CC2=CCCC(Br)C=C2)c1. The fraction of sp³-hybridized carbons (Fsp3) is 0.444. The number of carbonyl (C=O) groups excluding carboxylic acids is 2. The summed E-state index contributed by atoms with van der Waals surface area (Å²) in [7, 11) is 0. The fourth-order valence-electron chi connectivity index (χ4n) is 3.24. The number of imide groups is 1. The Bertz CT molecular complexity index is 1030. The summed E-state index contributed by atoms with van der Waals surface area (Å²) in [6, 6.07) is 5.06. The van der Waals surface area contributed by atoms with Crippen molar-refractivity contribution in [2.45, 2.75) is 50.9 Å². The molecule has 2 atom stereocenters. The number of rotatable bonds is 9. The number of hydrogen-bond acceptors (Lipinski definition) is 4. The Morgan fingerprint density at radius 2 is 2.03 bits per heavy atom. The zero-order valence-electron chi connectivity index (χ0n) is 20.4. The van der Waals surface area contributed by atoms with E-state index in [1.54, 1.807) is 18.2 Å². The van der Waals surface area contributed by atoms with Crippen molar-refractivity contribution in [1.29, 1.82) is 0 Å². The molecule has 0 aromatic heterocycles. The summed E-state index contributed by atoms with van der Waals surface area (Å²) < 4.78 is 0. The van der Waals surface area contributed by atoms with Gasteiger partial charge in [-0.15, -0.1) is 0 Å². The Hall–Kier alpha value is -2.50. The van der Waals surface area contributed by atoms with E-state index in [2.05, 4.69) is 45.2 Å². The average molecular weight is 562 g/mol. The van der Waals surface area contributed by atoms with E-state index in [-0.39, 0.29) is 12.3 Å². The Balaban J connectivity index is 2.15. The van der Waals surface area contributed by atoms with Gasteiger partial charge in [0.15, 0.2) is 0 Å². The van der Waals surface area contributed by atoms with Crippen LogP contribution in [0, 0.1) is 17.8 Å². The van der Waals surface area contributed by atoms with E-state index >= 15 is 0 Å². The molecular formula is C27H33BrN2O4S. The van der Waals surface area contributed by atoms with Gasteiger partial charge >= 0.3 is 12.0 Å². The smallest absolute Gasteiger partial charge is 0.327 e. The molecular weight excluding hydrogens is 528 g/mol. The van der Waals surface area contributed by atoms with E-state index in [1.165, 1.54) is 11.8 Å². The highest BCUT2D eigenvalue weighted by Crippen LogP contribution is 2.17. The molecule has 0 fully saturated rings. The van der Waals surface area contributed by atoms with Crippen LogP contribution in [0.1, 0.15) is 56.0 Å². The number of carboxylic acids is 1. The number of thioether (sulfide) groups is 1. The topological polar surface area (TPSA) is 86.7 Å². The average Bonchev–Trinajstić information content (AvgIpc) is 3.03. The Labute approximate surface area is 220 Å². The lowest BCUT2D eigenvalue weighted by molar-refractivity contribution is -0.138. The highest BCUT2D eigenvalue weighted by Gasteiger charge is 2.27. The number of carboxylic acid groups (broad SMARTS) is 1. The number of allylic oxidation sites excluding steroid dienone is 4. The van der Waals surface area contributed by atoms with Gasteiger partial charge < -0.3 is 10.4 Å². The van der Waals surface area contributed by atoms with Crippen LogP contribution in [0.3, 0.4) is 0 Å². The molecule has 0 aliphatic heterocycles. The molecule has 0 saturated heterocycles. The number of amides is 3. The first-order valence-electron chi connectivity index (χ1n) is 11.8. The Morgan fingerprint density at radius 1 is 1.26 bits per heavy atom. The highest BCUT2D eigenvalue weighted by atomic mass is 79.9. The maximum atomic E-state index is 13.2. The van der Waals surface area contributed by atoms with Crippen molar-refractivity contribution in [2.75, 3.05) is 18.1 Å². The lowest BCUT2D eigenvalue weighted by atomic mass is 10.1. The summed E-state index contributed by atoms with van der Waals surface area (Å²) in [4.78, 5) is 39.2. The van der Waals surface area contributed by atoms with E-state index < -0.39 is 23.9 Å². The predicted octanol–water partition coefficient (Wildman–Crippen LogP) is 5.48. The maximum absolute atomic E-state index is 13.2. The van der Waals surface area contributed by atoms with Crippen LogP contribution < -0.4 is 5.32 Å². The van der Waals surface area contributed by atoms with Crippen LogP contribution in [0.4, 0.5) is 4.79 Å². The van der Waals surface area contributed by atoms with Gasteiger partial charge in [0.25, 0.3) is 5.91 Å². The van der Waals surface area contributed by atoms with Crippen molar-refractivity contribution in [1.82, 2.24) is 10.2 Å². The van der Waals surface area contributed by atoms with Gasteiger partial charge in [-0.25, -0.2) is 9.59 Å². The molecule has 8 heteroatoms. The van der Waals surface area contributed by atoms with Crippen molar-refractivity contribution in [3.8, 4) is 11.8 Å². The normalized spacial score (nSPS) is 15.9. The molecule has 0 spiro atoms. The Morgan fingerprint density at radius 3 is 2.71 bits per heavy atom. The zero-order chi connectivity index (χ0) is 25.8. The number of benzene rings is 1. The fourth-order valence-corrected chi connectivity index (χ4v) is 4.72. The number of nitrogens with zero attached hydrogens (tertiary/aromatic N) is 1. The van der Waals surface area contributed by atoms with Crippen molar-refractivity contribution in [2.24, 2.45) is 5.92 Å². The summed E-state index contributed by atoms with van der Waals surface area (Å²) >= 11 is 5.05. The van der Waals surface area contributed by atoms with Crippen LogP contribution in [0.5, 0.6) is 0 Å². The molecule has 2 N–H and O–H groups in total. The summed E-state index contributed by atoms with van der Waals surface area (Å²) in [5, 5.41) is 12.0. The van der Waals surface area contributed by atoms with Crippen LogP contribution in [0.15, 0.2) is 48.1 Å². The molecule has 2 unspecified atom stereocenters. The molecule has 1 aromatic carbocycles. The van der Waals surface area contributed by atoms with E-state index in [0.29, 0.717) is 28.3 Å². The first-order chi connectivity index (χ1) is 16.7. The molecule has 0 bridgehead atoms. The van der Waals surface area contributed by atoms with Crippen molar-refractivity contribution < 1.29 is 19.5 Å². The van der Waals surface area contributed by atoms with Gasteiger partial charge in [-0.05, 0) is 55.2 Å². The standard InChI is InChI=1S/C27H33BrN2O4S/c1-4-15-30(27(34)29-24(26(32)33)18-35-17-19(2)3)25(31)22-9-5-8-21(16-22)12-11-20-7-6-10-23(28)14-13-20/h5,7-9,13-14,16,19,23-24H,4,6,10,15,17-18H2,1-3H3,(H,29,34)(H,32,33). The monoisotopic (exact) mass is 560 g/mol. The second kappa shape index (κ2) is 14.8. The second-order valence-electron chi connectivity index (χ2n) is 8.67. The van der Waals surface area contributed by atoms with E-state index in [4.69, 9.17) is 0 Å². The summed E-state index contributed by atoms with van der Waals surface area (Å²) in [5.41, 5.74) is 1.91. The number of carbonyl (C=O) groups is 3. The van der Waals surface area contributed by atoms with Crippen LogP contribution in [-0.2, 0) is 4.79 Å². The minimum Gasteiger partial charge on any atom is -0.480 e. The molecule has 1 aliphatic carbocycles. The summed E-state index contributed by atoms with van der Waals surface area (Å²) in [6.45, 7) is 6.13. The minimum atomic E-state index is -1.12. The summed E-state index contributed by atoms with van der Waals surface area (Å²) in [6.07, 6.45) is 8.64. The molecule has 0 heterocycles. The molecule has 2 rings (SSSR count). The molecule has 35 heavy (non-hydrogen) atoms. The van der Waals surface area contributed by atoms with Crippen molar-refractivity contribution in [3.63, 3.8) is 0 Å². The first-order valence-corrected chi connectivity index (χ1v) is 13.9. The summed E-state index contributed by atoms with van der Waals surface area (Å²) in [5.74, 6) is 6.06. The predicted molar refractivity (Wildman–Crippen MR) is 146 cm³/mol. The molecule has 188 valence electrons. The zero-order valence-corrected chi connectivity index (χ0v) is 22.8. The van der Waals surface area contributed by atoms with E-state index in [9.17, 15) is 19.5 Å². The van der Waals surface area contributed by atoms with E-state index in [1.807, 2.05) is 32.9 Å². The van der Waals surface area contributed by atoms with Crippen LogP contribution in [0.25, 0.3) is 0 Å². The Kier molecular flexibility index (Phi) is 12.1. The molecule has 3 amide bonds. The van der Waals surface area contributed by atoms with E-state index in [0.717, 1.165) is 29.1 Å². The van der Waals surface area contributed by atoms with Crippen LogP contribution in [0.2, 0.25) is 0 Å². The van der Waals surface area contributed by atoms with Gasteiger partial charge in [0, 0.05) is 33.8 Å². The van der Waals surface area contributed by atoms with Gasteiger partial charge in [-0.2, -0.15) is 11.8 Å². The number of urea groups is 1. The molecule has 0 radical (unpaired) electrons. The molecule has 6 nitrogen and oxygen atoms in total. The van der Waals surface area contributed by atoms with Gasteiger partial charge in [-0.1, -0.05) is 66.8 Å². The lowest BCUT2D eigenvalue weighted by Gasteiger charge is -2.23. The highest BCUT2D eigenvalue weighted by molar-refractivity contribution is 9.09. The molecule has 1 aromatic rings. The first kappa shape index (κ1) is 28.7. The quantitative estimate of drug-likeness (QED) is 0.308. The molecule has 0 saturated carbocycles. The van der Waals surface area contributed by atoms with Crippen LogP contribution >= 0.6 is 27.7 Å². The van der Waals surface area contributed by atoms with Crippen molar-refractivity contribution in [3.05, 3.63) is 59.2 Å². The van der Waals surface area contributed by atoms with Crippen molar-refractivity contribution >= 4 is 45.6 Å². The van der Waals surface area contributed by atoms with Gasteiger partial charge in [0.2, 0.25) is 0 Å². The van der Waals surface area contributed by atoms with Gasteiger partial charge in [-0.3, -0.25) is 9.69 Å². The maximum Gasteiger partial charge on any atom is 0.327 e. The van der Waals surface area contributed by atoms with Crippen LogP contribution in [-0.4, -0.2) is 56.8 Å². The minimum absolute atomic E-state index is 0.178. The number of alkyl halides is 1. The second-order valence-corrected chi connectivity index (χ2v) is 10.9. The van der Waals surface area contributed by atoms with Gasteiger partial charge in [0.05, 0.1) is 0 Å². The number of nitrogens with one attached hydrogen (secondary N) is 1. The number of aliphatic carboxylic acids is 1. The van der Waals surface area contributed by atoms with Gasteiger partial charge in [0.1, 0.15) is 6.04 Å². The third-order valence-electron chi connectivity index (χ3n) is 5.02. The molecule has 1 aliphatic rings. The largest absolute Gasteiger partial charge is 0.480 e. The third kappa shape index (κ3) is 9.95. The number of hydrogen-bond donors (Lipinski definition) is 2.